The molecule has 1 aromatic heterocycles. The molecule has 0 bridgehead atoms. The van der Waals surface area contributed by atoms with Crippen molar-refractivity contribution < 1.29 is 19.0 Å². The van der Waals surface area contributed by atoms with Gasteiger partial charge in [0.05, 0.1) is 31.6 Å². The van der Waals surface area contributed by atoms with Crippen molar-refractivity contribution in [2.24, 2.45) is 0 Å². The normalized spacial score (nSPS) is 21.3. The summed E-state index contributed by atoms with van der Waals surface area (Å²) in [5.41, 5.74) is -0.0652. The van der Waals surface area contributed by atoms with Gasteiger partial charge >= 0.3 is 6.09 Å². The molecule has 1 fully saturated rings. The number of amides is 1. The SMILES string of the molecule is COc1cccc(COC2(C)CCN(C(=O)OC(C)(C)C)C2)n1. The summed E-state index contributed by atoms with van der Waals surface area (Å²) in [5.74, 6) is 0.568. The highest BCUT2D eigenvalue weighted by molar-refractivity contribution is 5.68. The Hall–Kier alpha value is -1.82. The van der Waals surface area contributed by atoms with Gasteiger partial charge in [0, 0.05) is 12.6 Å². The Morgan fingerprint density at radius 1 is 1.39 bits per heavy atom. The summed E-state index contributed by atoms with van der Waals surface area (Å²) < 4.78 is 16.5. The van der Waals surface area contributed by atoms with Gasteiger partial charge in [0.15, 0.2) is 0 Å². The summed E-state index contributed by atoms with van der Waals surface area (Å²) in [6.45, 7) is 9.15. The van der Waals surface area contributed by atoms with E-state index in [4.69, 9.17) is 14.2 Å². The first-order valence-corrected chi connectivity index (χ1v) is 7.83. The highest BCUT2D eigenvalue weighted by Gasteiger charge is 2.38. The second kappa shape index (κ2) is 6.74. The van der Waals surface area contributed by atoms with Gasteiger partial charge < -0.3 is 19.1 Å². The Kier molecular flexibility index (Phi) is 5.14. The zero-order valence-electron chi connectivity index (χ0n) is 14.6. The van der Waals surface area contributed by atoms with Gasteiger partial charge in [0.25, 0.3) is 0 Å². The molecular formula is C17H26N2O4. The number of carbonyl (C=O) groups is 1. The maximum absolute atomic E-state index is 12.1. The molecule has 1 aromatic rings. The molecule has 0 aromatic carbocycles. The molecule has 6 nitrogen and oxygen atoms in total. The molecule has 0 radical (unpaired) electrons. The number of methoxy groups -OCH3 is 1. The van der Waals surface area contributed by atoms with Gasteiger partial charge in [-0.05, 0) is 40.2 Å². The predicted octanol–water partition coefficient (Wildman–Crippen LogP) is 3.01. The zero-order valence-corrected chi connectivity index (χ0v) is 14.6. The standard InChI is InChI=1S/C17H26N2O4/c1-16(2,3)23-15(20)19-10-9-17(4,12-19)22-11-13-7-6-8-14(18-13)21-5/h6-8H,9-12H2,1-5H3. The number of likely N-dealkylation sites (tertiary alicyclic amines) is 1. The number of nitrogens with zero attached hydrogens (tertiary/aromatic N) is 2. The molecule has 0 N–H and O–H groups in total. The smallest absolute Gasteiger partial charge is 0.410 e. The highest BCUT2D eigenvalue weighted by atomic mass is 16.6. The molecule has 1 aliphatic heterocycles. The van der Waals surface area contributed by atoms with Crippen LogP contribution in [0.4, 0.5) is 4.79 Å². The van der Waals surface area contributed by atoms with Gasteiger partial charge in [-0.1, -0.05) is 6.07 Å². The van der Waals surface area contributed by atoms with E-state index in [1.165, 1.54) is 0 Å². The fourth-order valence-electron chi connectivity index (χ4n) is 2.43. The molecule has 2 heterocycles. The van der Waals surface area contributed by atoms with Crippen molar-refractivity contribution in [2.45, 2.75) is 51.9 Å². The van der Waals surface area contributed by atoms with Crippen LogP contribution in [0.5, 0.6) is 5.88 Å². The van der Waals surface area contributed by atoms with Gasteiger partial charge in [-0.3, -0.25) is 0 Å². The molecule has 23 heavy (non-hydrogen) atoms. The molecular weight excluding hydrogens is 296 g/mol. The van der Waals surface area contributed by atoms with E-state index in [0.717, 1.165) is 12.1 Å². The fraction of sp³-hybridized carbons (Fsp3) is 0.647. The van der Waals surface area contributed by atoms with Crippen LogP contribution in [-0.4, -0.2) is 47.4 Å². The Bertz CT molecular complexity index is 556. The molecule has 1 atom stereocenters. The van der Waals surface area contributed by atoms with Gasteiger partial charge in [0.1, 0.15) is 5.60 Å². The third-order valence-corrected chi connectivity index (χ3v) is 3.65. The van der Waals surface area contributed by atoms with Crippen LogP contribution < -0.4 is 4.74 Å². The minimum absolute atomic E-state index is 0.288. The Morgan fingerprint density at radius 3 is 2.78 bits per heavy atom. The van der Waals surface area contributed by atoms with Gasteiger partial charge in [-0.2, -0.15) is 0 Å². The molecule has 1 aliphatic rings. The highest BCUT2D eigenvalue weighted by Crippen LogP contribution is 2.27. The Labute approximate surface area is 137 Å². The Morgan fingerprint density at radius 2 is 2.13 bits per heavy atom. The minimum atomic E-state index is -0.485. The minimum Gasteiger partial charge on any atom is -0.481 e. The van der Waals surface area contributed by atoms with Crippen LogP contribution in [0.25, 0.3) is 0 Å². The van der Waals surface area contributed by atoms with E-state index in [1.54, 1.807) is 18.1 Å². The van der Waals surface area contributed by atoms with E-state index in [2.05, 4.69) is 4.98 Å². The topological polar surface area (TPSA) is 60.9 Å². The third kappa shape index (κ3) is 5.10. The Balaban J connectivity index is 1.89. The number of pyridine rings is 1. The van der Waals surface area contributed by atoms with Crippen molar-refractivity contribution in [3.63, 3.8) is 0 Å². The second-order valence-electron chi connectivity index (χ2n) is 7.06. The summed E-state index contributed by atoms with van der Waals surface area (Å²) >= 11 is 0. The first kappa shape index (κ1) is 17.5. The lowest BCUT2D eigenvalue weighted by Crippen LogP contribution is -2.39. The molecule has 0 aliphatic carbocycles. The van der Waals surface area contributed by atoms with Crippen LogP contribution in [-0.2, 0) is 16.1 Å². The number of hydrogen-bond acceptors (Lipinski definition) is 5. The summed E-state index contributed by atoms with van der Waals surface area (Å²) in [4.78, 5) is 18.2. The molecule has 1 saturated heterocycles. The van der Waals surface area contributed by atoms with Crippen LogP contribution in [0.2, 0.25) is 0 Å². The second-order valence-corrected chi connectivity index (χ2v) is 7.06. The molecule has 2 rings (SSSR count). The monoisotopic (exact) mass is 322 g/mol. The zero-order chi connectivity index (χ0) is 17.1. The first-order chi connectivity index (χ1) is 10.7. The van der Waals surface area contributed by atoms with E-state index >= 15 is 0 Å². The van der Waals surface area contributed by atoms with Gasteiger partial charge in [0.2, 0.25) is 5.88 Å². The van der Waals surface area contributed by atoms with Crippen LogP contribution in [0.15, 0.2) is 18.2 Å². The van der Waals surface area contributed by atoms with Gasteiger partial charge in [-0.25, -0.2) is 9.78 Å². The molecule has 1 unspecified atom stereocenters. The number of aromatic nitrogens is 1. The lowest BCUT2D eigenvalue weighted by molar-refractivity contribution is -0.0387. The number of carbonyl (C=O) groups excluding carboxylic acids is 1. The van der Waals surface area contributed by atoms with Crippen molar-refractivity contribution in [3.8, 4) is 5.88 Å². The largest absolute Gasteiger partial charge is 0.481 e. The summed E-state index contributed by atoms with van der Waals surface area (Å²) in [5, 5.41) is 0. The first-order valence-electron chi connectivity index (χ1n) is 7.83. The molecule has 0 saturated carbocycles. The molecule has 0 spiro atoms. The van der Waals surface area contributed by atoms with Crippen LogP contribution >= 0.6 is 0 Å². The van der Waals surface area contributed by atoms with E-state index < -0.39 is 5.60 Å². The predicted molar refractivity (Wildman–Crippen MR) is 86.4 cm³/mol. The van der Waals surface area contributed by atoms with Crippen LogP contribution in [0.1, 0.15) is 39.8 Å². The lowest BCUT2D eigenvalue weighted by Gasteiger charge is -2.27. The van der Waals surface area contributed by atoms with Crippen molar-refractivity contribution in [1.29, 1.82) is 0 Å². The summed E-state index contributed by atoms with van der Waals surface area (Å²) in [6.07, 6.45) is 0.486. The van der Waals surface area contributed by atoms with E-state index in [1.807, 2.05) is 39.8 Å². The van der Waals surface area contributed by atoms with Crippen molar-refractivity contribution in [3.05, 3.63) is 23.9 Å². The quantitative estimate of drug-likeness (QED) is 0.853. The van der Waals surface area contributed by atoms with Crippen LogP contribution in [0, 0.1) is 0 Å². The van der Waals surface area contributed by atoms with Crippen molar-refractivity contribution in [1.82, 2.24) is 9.88 Å². The molecule has 6 heteroatoms. The number of hydrogen-bond donors (Lipinski definition) is 0. The molecule has 1 amide bonds. The summed E-state index contributed by atoms with van der Waals surface area (Å²) in [7, 11) is 1.59. The fourth-order valence-corrected chi connectivity index (χ4v) is 2.43. The maximum atomic E-state index is 12.1. The average Bonchev–Trinajstić information content (AvgIpc) is 2.87. The molecule has 128 valence electrons. The van der Waals surface area contributed by atoms with E-state index in [-0.39, 0.29) is 11.7 Å². The number of rotatable bonds is 4. The third-order valence-electron chi connectivity index (χ3n) is 3.65. The van der Waals surface area contributed by atoms with Crippen molar-refractivity contribution in [2.75, 3.05) is 20.2 Å². The lowest BCUT2D eigenvalue weighted by atomic mass is 10.1. The van der Waals surface area contributed by atoms with Crippen molar-refractivity contribution >= 4 is 6.09 Å². The number of ether oxygens (including phenoxy) is 3. The van der Waals surface area contributed by atoms with Crippen LogP contribution in [0.3, 0.4) is 0 Å². The van der Waals surface area contributed by atoms with E-state index in [9.17, 15) is 4.79 Å². The average molecular weight is 322 g/mol. The summed E-state index contributed by atoms with van der Waals surface area (Å²) in [6, 6.07) is 5.58. The van der Waals surface area contributed by atoms with E-state index in [0.29, 0.717) is 25.6 Å². The van der Waals surface area contributed by atoms with Gasteiger partial charge in [-0.15, -0.1) is 0 Å². The maximum Gasteiger partial charge on any atom is 0.410 e.